The lowest BCUT2D eigenvalue weighted by Crippen LogP contribution is -2.36. The van der Waals surface area contributed by atoms with Gasteiger partial charge in [-0.15, -0.1) is 0 Å². The summed E-state index contributed by atoms with van der Waals surface area (Å²) in [5.74, 6) is 0.891. The molecule has 4 rings (SSSR count). The second-order valence-corrected chi connectivity index (χ2v) is 10.8. The predicted octanol–water partition coefficient (Wildman–Crippen LogP) is 3.39. The maximum absolute atomic E-state index is 13.3. The number of nitrogens with zero attached hydrogens (tertiary/aromatic N) is 5. The van der Waals surface area contributed by atoms with E-state index in [-0.39, 0.29) is 22.9 Å². The summed E-state index contributed by atoms with van der Waals surface area (Å²) in [4.78, 5) is 24.6. The van der Waals surface area contributed by atoms with Gasteiger partial charge in [-0.3, -0.25) is 9.78 Å². The first-order valence-corrected chi connectivity index (χ1v) is 12.8. The van der Waals surface area contributed by atoms with Crippen molar-refractivity contribution in [3.8, 4) is 0 Å². The van der Waals surface area contributed by atoms with Gasteiger partial charge in [-0.25, -0.2) is 17.7 Å². The zero-order valence-electron chi connectivity index (χ0n) is 19.6. The molecule has 1 unspecified atom stereocenters. The average molecular weight is 470 g/mol. The van der Waals surface area contributed by atoms with E-state index in [9.17, 15) is 13.2 Å². The van der Waals surface area contributed by atoms with Crippen molar-refractivity contribution < 1.29 is 13.2 Å². The summed E-state index contributed by atoms with van der Waals surface area (Å²) in [6, 6.07) is 11.0. The van der Waals surface area contributed by atoms with Gasteiger partial charge in [0.2, 0.25) is 15.9 Å². The van der Waals surface area contributed by atoms with Crippen LogP contribution in [-0.4, -0.2) is 58.2 Å². The van der Waals surface area contributed by atoms with E-state index >= 15 is 0 Å². The minimum Gasteiger partial charge on any atom is -0.331 e. The Morgan fingerprint density at radius 1 is 1.21 bits per heavy atom. The Bertz CT molecular complexity index is 1250. The van der Waals surface area contributed by atoms with Crippen LogP contribution in [0.5, 0.6) is 0 Å². The van der Waals surface area contributed by atoms with Crippen molar-refractivity contribution in [2.24, 2.45) is 0 Å². The molecular weight excluding hydrogens is 438 g/mol. The molecule has 1 aliphatic carbocycles. The Labute approximate surface area is 195 Å². The molecule has 0 radical (unpaired) electrons. The maximum Gasteiger partial charge on any atom is 0.242 e. The van der Waals surface area contributed by atoms with Crippen molar-refractivity contribution in [3.63, 3.8) is 0 Å². The van der Waals surface area contributed by atoms with Crippen LogP contribution in [0.1, 0.15) is 50.7 Å². The van der Waals surface area contributed by atoms with E-state index in [1.54, 1.807) is 24.4 Å². The molecular formula is C24H31N5O3S. The van der Waals surface area contributed by atoms with Gasteiger partial charge in [0.25, 0.3) is 0 Å². The molecule has 8 nitrogen and oxygen atoms in total. The summed E-state index contributed by atoms with van der Waals surface area (Å²) >= 11 is 0. The Hall–Kier alpha value is -2.78. The zero-order valence-corrected chi connectivity index (χ0v) is 20.4. The Balaban J connectivity index is 1.56. The number of carbonyl (C=O) groups excluding carboxylic acids is 1. The molecule has 0 N–H and O–H groups in total. The quantitative estimate of drug-likeness (QED) is 0.479. The van der Waals surface area contributed by atoms with Crippen LogP contribution in [0.25, 0.3) is 11.0 Å². The van der Waals surface area contributed by atoms with Gasteiger partial charge in [-0.2, -0.15) is 0 Å². The van der Waals surface area contributed by atoms with Gasteiger partial charge in [0, 0.05) is 45.7 Å². The summed E-state index contributed by atoms with van der Waals surface area (Å²) in [5, 5.41) is 0. The second kappa shape index (κ2) is 9.23. The van der Waals surface area contributed by atoms with Crippen molar-refractivity contribution in [2.45, 2.75) is 63.1 Å². The monoisotopic (exact) mass is 469 g/mol. The van der Waals surface area contributed by atoms with Gasteiger partial charge in [0.1, 0.15) is 5.82 Å². The summed E-state index contributed by atoms with van der Waals surface area (Å²) in [6.07, 6.45) is 4.66. The van der Waals surface area contributed by atoms with Crippen LogP contribution >= 0.6 is 0 Å². The van der Waals surface area contributed by atoms with Crippen molar-refractivity contribution in [2.75, 3.05) is 14.1 Å². The van der Waals surface area contributed by atoms with Crippen LogP contribution in [-0.2, 0) is 27.8 Å². The van der Waals surface area contributed by atoms with E-state index in [1.165, 1.54) is 18.4 Å². The van der Waals surface area contributed by atoms with Crippen LogP contribution < -0.4 is 0 Å². The largest absolute Gasteiger partial charge is 0.331 e. The standard InChI is InChI=1S/C24H31N5O3S/c1-5-28-22-12-11-19(33(31,32)27(3)4)16-21(22)26-23(28)13-14-24(30)29(18-9-10-18)17(2)20-8-6-7-15-25-20/h6-8,11-12,15-18H,5,9-10,13-14H2,1-4H3. The highest BCUT2D eigenvalue weighted by atomic mass is 32.2. The van der Waals surface area contributed by atoms with Gasteiger partial charge in [0.15, 0.2) is 0 Å². The highest BCUT2D eigenvalue weighted by molar-refractivity contribution is 7.89. The molecule has 1 fully saturated rings. The predicted molar refractivity (Wildman–Crippen MR) is 127 cm³/mol. The summed E-state index contributed by atoms with van der Waals surface area (Å²) in [5.41, 5.74) is 2.40. The van der Waals surface area contributed by atoms with Crippen molar-refractivity contribution in [1.82, 2.24) is 23.7 Å². The number of pyridine rings is 1. The third-order valence-corrected chi connectivity index (χ3v) is 8.03. The Morgan fingerprint density at radius 2 is 1.97 bits per heavy atom. The molecule has 0 bridgehead atoms. The third-order valence-electron chi connectivity index (χ3n) is 6.22. The number of hydrogen-bond acceptors (Lipinski definition) is 5. The molecule has 0 spiro atoms. The molecule has 9 heteroatoms. The van der Waals surface area contributed by atoms with Crippen LogP contribution in [0.2, 0.25) is 0 Å². The fourth-order valence-corrected chi connectivity index (χ4v) is 5.20. The van der Waals surface area contributed by atoms with Gasteiger partial charge < -0.3 is 9.47 Å². The highest BCUT2D eigenvalue weighted by Gasteiger charge is 2.36. The number of aryl methyl sites for hydroxylation is 2. The number of sulfonamides is 1. The molecule has 1 saturated carbocycles. The molecule has 2 aromatic heterocycles. The SMILES string of the molecule is CCn1c(CCC(=O)N(C2CC2)C(C)c2ccccn2)nc2cc(S(=O)(=O)N(C)C)ccc21. The molecule has 1 amide bonds. The number of amides is 1. The van der Waals surface area contributed by atoms with Crippen LogP contribution in [0, 0.1) is 0 Å². The molecule has 2 heterocycles. The fourth-order valence-electron chi connectivity index (χ4n) is 4.28. The van der Waals surface area contributed by atoms with Crippen LogP contribution in [0.3, 0.4) is 0 Å². The van der Waals surface area contributed by atoms with E-state index in [0.717, 1.165) is 29.9 Å². The smallest absolute Gasteiger partial charge is 0.242 e. The normalized spacial score (nSPS) is 15.2. The summed E-state index contributed by atoms with van der Waals surface area (Å²) < 4.78 is 28.3. The zero-order chi connectivity index (χ0) is 23.8. The molecule has 1 aromatic carbocycles. The van der Waals surface area contributed by atoms with E-state index in [1.807, 2.05) is 36.9 Å². The molecule has 0 saturated heterocycles. The number of aromatic nitrogens is 3. The third kappa shape index (κ3) is 4.65. The number of hydrogen-bond donors (Lipinski definition) is 0. The van der Waals surface area contributed by atoms with Gasteiger partial charge in [-0.1, -0.05) is 6.07 Å². The number of fused-ring (bicyclic) bond motifs is 1. The van der Waals surface area contributed by atoms with Crippen molar-refractivity contribution >= 4 is 27.0 Å². The second-order valence-electron chi connectivity index (χ2n) is 8.67. The molecule has 1 atom stereocenters. The molecule has 176 valence electrons. The Morgan fingerprint density at radius 3 is 2.58 bits per heavy atom. The van der Waals surface area contributed by atoms with Gasteiger partial charge in [-0.05, 0) is 57.0 Å². The lowest BCUT2D eigenvalue weighted by molar-refractivity contribution is -0.134. The number of carbonyl (C=O) groups is 1. The molecule has 1 aliphatic rings. The topological polar surface area (TPSA) is 88.4 Å². The van der Waals surface area contributed by atoms with Gasteiger partial charge >= 0.3 is 0 Å². The van der Waals surface area contributed by atoms with Crippen LogP contribution in [0.15, 0.2) is 47.5 Å². The van der Waals surface area contributed by atoms with E-state index in [2.05, 4.69) is 9.55 Å². The minimum absolute atomic E-state index is 0.0741. The van der Waals surface area contributed by atoms with Crippen molar-refractivity contribution in [1.29, 1.82) is 0 Å². The molecule has 33 heavy (non-hydrogen) atoms. The summed E-state index contributed by atoms with van der Waals surface area (Å²) in [6.45, 7) is 4.75. The number of imidazole rings is 1. The number of benzene rings is 1. The fraction of sp³-hybridized carbons (Fsp3) is 0.458. The summed E-state index contributed by atoms with van der Waals surface area (Å²) in [7, 11) is -0.511. The Kier molecular flexibility index (Phi) is 6.54. The highest BCUT2D eigenvalue weighted by Crippen LogP contribution is 2.34. The first-order chi connectivity index (χ1) is 15.7. The maximum atomic E-state index is 13.3. The van der Waals surface area contributed by atoms with E-state index < -0.39 is 10.0 Å². The van der Waals surface area contributed by atoms with Gasteiger partial charge in [0.05, 0.1) is 27.7 Å². The number of rotatable bonds is 9. The minimum atomic E-state index is -3.54. The average Bonchev–Trinajstić information content (AvgIpc) is 3.57. The molecule has 3 aromatic rings. The lowest BCUT2D eigenvalue weighted by atomic mass is 10.1. The lowest BCUT2D eigenvalue weighted by Gasteiger charge is -2.29. The van der Waals surface area contributed by atoms with E-state index in [0.29, 0.717) is 24.9 Å². The van der Waals surface area contributed by atoms with E-state index in [4.69, 9.17) is 4.98 Å². The molecule has 0 aliphatic heterocycles. The first kappa shape index (κ1) is 23.4. The van der Waals surface area contributed by atoms with Crippen LogP contribution in [0.4, 0.5) is 0 Å². The van der Waals surface area contributed by atoms with Crippen molar-refractivity contribution in [3.05, 3.63) is 54.1 Å². The first-order valence-electron chi connectivity index (χ1n) is 11.4.